The maximum absolute atomic E-state index is 13.3. The standard InChI is InChI=1S/C23H21FN4/c24-20-8-6-17(7-9-20)21-5-2-14-28-23(21)26-22(27-28)19-4-1-3-18(15-19)16-10-12-25-13-11-16/h1-9,14-16,25H,10-13H2. The zero-order valence-corrected chi connectivity index (χ0v) is 15.5. The second kappa shape index (κ2) is 7.17. The minimum atomic E-state index is -0.243. The number of benzene rings is 2. The van der Waals surface area contributed by atoms with Crippen LogP contribution in [0.1, 0.15) is 24.3 Å². The van der Waals surface area contributed by atoms with Crippen molar-refractivity contribution in [1.82, 2.24) is 19.9 Å². The van der Waals surface area contributed by atoms with Gasteiger partial charge in [0.2, 0.25) is 0 Å². The summed E-state index contributed by atoms with van der Waals surface area (Å²) in [6.45, 7) is 2.14. The predicted octanol–water partition coefficient (Wildman–Crippen LogP) is 4.67. The third kappa shape index (κ3) is 3.18. The fourth-order valence-corrected chi connectivity index (χ4v) is 3.97. The van der Waals surface area contributed by atoms with Crippen molar-refractivity contribution in [2.45, 2.75) is 18.8 Å². The molecule has 0 spiro atoms. The van der Waals surface area contributed by atoms with Crippen LogP contribution < -0.4 is 5.32 Å². The largest absolute Gasteiger partial charge is 0.317 e. The molecule has 1 N–H and O–H groups in total. The molecule has 5 rings (SSSR count). The first-order chi connectivity index (χ1) is 13.8. The molecule has 0 aliphatic carbocycles. The molecule has 5 heteroatoms. The van der Waals surface area contributed by atoms with E-state index in [-0.39, 0.29) is 5.82 Å². The van der Waals surface area contributed by atoms with Crippen molar-refractivity contribution in [1.29, 1.82) is 0 Å². The molecule has 1 fully saturated rings. The van der Waals surface area contributed by atoms with E-state index >= 15 is 0 Å². The van der Waals surface area contributed by atoms with E-state index in [1.165, 1.54) is 17.7 Å². The molecule has 1 aliphatic heterocycles. The smallest absolute Gasteiger partial charge is 0.182 e. The number of piperidine rings is 1. The second-order valence-electron chi connectivity index (χ2n) is 7.28. The monoisotopic (exact) mass is 372 g/mol. The van der Waals surface area contributed by atoms with Crippen LogP contribution in [-0.2, 0) is 0 Å². The quantitative estimate of drug-likeness (QED) is 0.568. The average Bonchev–Trinajstić information content (AvgIpc) is 3.20. The van der Waals surface area contributed by atoms with Crippen LogP contribution in [-0.4, -0.2) is 27.7 Å². The highest BCUT2D eigenvalue weighted by atomic mass is 19.1. The number of rotatable bonds is 3. The third-order valence-electron chi connectivity index (χ3n) is 5.47. The van der Waals surface area contributed by atoms with Crippen molar-refractivity contribution in [2.75, 3.05) is 13.1 Å². The highest BCUT2D eigenvalue weighted by molar-refractivity contribution is 5.78. The zero-order valence-electron chi connectivity index (χ0n) is 15.5. The highest BCUT2D eigenvalue weighted by Gasteiger charge is 2.17. The Labute approximate surface area is 163 Å². The summed E-state index contributed by atoms with van der Waals surface area (Å²) in [6, 6.07) is 19.0. The lowest BCUT2D eigenvalue weighted by Gasteiger charge is -2.23. The van der Waals surface area contributed by atoms with E-state index in [1.807, 2.05) is 18.3 Å². The number of pyridine rings is 1. The van der Waals surface area contributed by atoms with Crippen LogP contribution in [0.2, 0.25) is 0 Å². The molecule has 0 saturated carbocycles. The zero-order chi connectivity index (χ0) is 18.9. The molecule has 1 saturated heterocycles. The van der Waals surface area contributed by atoms with Crippen molar-refractivity contribution >= 4 is 5.65 Å². The van der Waals surface area contributed by atoms with E-state index in [0.29, 0.717) is 11.7 Å². The Balaban J connectivity index is 1.55. The molecule has 3 heterocycles. The number of hydrogen-bond acceptors (Lipinski definition) is 3. The Morgan fingerprint density at radius 3 is 2.57 bits per heavy atom. The molecule has 0 unspecified atom stereocenters. The molecular formula is C23H21FN4. The van der Waals surface area contributed by atoms with Gasteiger partial charge in [-0.25, -0.2) is 13.9 Å². The molecule has 28 heavy (non-hydrogen) atoms. The van der Waals surface area contributed by atoms with Crippen LogP contribution in [0, 0.1) is 5.82 Å². The topological polar surface area (TPSA) is 42.2 Å². The van der Waals surface area contributed by atoms with Gasteiger partial charge in [-0.15, -0.1) is 5.10 Å². The molecule has 4 aromatic rings. The van der Waals surface area contributed by atoms with Gasteiger partial charge in [0, 0.05) is 17.3 Å². The molecule has 4 nitrogen and oxygen atoms in total. The first-order valence-electron chi connectivity index (χ1n) is 9.70. The number of aromatic nitrogens is 3. The van der Waals surface area contributed by atoms with Crippen LogP contribution in [0.4, 0.5) is 4.39 Å². The van der Waals surface area contributed by atoms with Gasteiger partial charge < -0.3 is 5.32 Å². The Morgan fingerprint density at radius 2 is 1.75 bits per heavy atom. The maximum atomic E-state index is 13.3. The molecule has 2 aromatic carbocycles. The summed E-state index contributed by atoms with van der Waals surface area (Å²) < 4.78 is 15.1. The van der Waals surface area contributed by atoms with Gasteiger partial charge in [-0.2, -0.15) is 0 Å². The molecule has 0 radical (unpaired) electrons. The van der Waals surface area contributed by atoms with Gasteiger partial charge in [0.15, 0.2) is 11.5 Å². The lowest BCUT2D eigenvalue weighted by Crippen LogP contribution is -2.26. The van der Waals surface area contributed by atoms with Gasteiger partial charge >= 0.3 is 0 Å². The number of halogens is 1. The van der Waals surface area contributed by atoms with Crippen LogP contribution in [0.15, 0.2) is 66.9 Å². The first-order valence-corrected chi connectivity index (χ1v) is 9.70. The molecule has 2 aromatic heterocycles. The van der Waals surface area contributed by atoms with Gasteiger partial charge in [-0.3, -0.25) is 0 Å². The van der Waals surface area contributed by atoms with Gasteiger partial charge in [-0.1, -0.05) is 30.3 Å². The molecule has 0 bridgehead atoms. The van der Waals surface area contributed by atoms with Crippen LogP contribution in [0.3, 0.4) is 0 Å². The van der Waals surface area contributed by atoms with E-state index in [2.05, 4.69) is 29.6 Å². The summed E-state index contributed by atoms with van der Waals surface area (Å²) in [4.78, 5) is 4.81. The summed E-state index contributed by atoms with van der Waals surface area (Å²) in [5, 5.41) is 8.11. The number of nitrogens with zero attached hydrogens (tertiary/aromatic N) is 3. The van der Waals surface area contributed by atoms with Gasteiger partial charge in [-0.05, 0) is 73.3 Å². The maximum Gasteiger partial charge on any atom is 0.182 e. The van der Waals surface area contributed by atoms with Gasteiger partial charge in [0.05, 0.1) is 0 Å². The number of nitrogens with one attached hydrogen (secondary N) is 1. The lowest BCUT2D eigenvalue weighted by atomic mass is 9.89. The minimum Gasteiger partial charge on any atom is -0.317 e. The molecule has 1 aliphatic rings. The van der Waals surface area contributed by atoms with Crippen molar-refractivity contribution in [3.63, 3.8) is 0 Å². The summed E-state index contributed by atoms with van der Waals surface area (Å²) in [5.74, 6) is 1.06. The Hall–Kier alpha value is -3.05. The SMILES string of the molecule is Fc1ccc(-c2cccn3nc(-c4cccc(C5CCNCC5)c4)nc23)cc1. The van der Waals surface area contributed by atoms with Crippen LogP contribution in [0.25, 0.3) is 28.2 Å². The van der Waals surface area contributed by atoms with Crippen LogP contribution >= 0.6 is 0 Å². The summed E-state index contributed by atoms with van der Waals surface area (Å²) in [6.07, 6.45) is 4.23. The number of fused-ring (bicyclic) bond motifs is 1. The lowest BCUT2D eigenvalue weighted by molar-refractivity contribution is 0.460. The van der Waals surface area contributed by atoms with E-state index in [1.54, 1.807) is 16.6 Å². The molecule has 0 amide bonds. The van der Waals surface area contributed by atoms with Crippen LogP contribution in [0.5, 0.6) is 0 Å². The van der Waals surface area contributed by atoms with Crippen molar-refractivity contribution in [3.8, 4) is 22.5 Å². The van der Waals surface area contributed by atoms with Crippen molar-refractivity contribution in [2.24, 2.45) is 0 Å². The van der Waals surface area contributed by atoms with Crippen molar-refractivity contribution < 1.29 is 4.39 Å². The van der Waals surface area contributed by atoms with Crippen molar-refractivity contribution in [3.05, 3.63) is 78.2 Å². The average molecular weight is 372 g/mol. The summed E-state index contributed by atoms with van der Waals surface area (Å²) in [7, 11) is 0. The van der Waals surface area contributed by atoms with Gasteiger partial charge in [0.25, 0.3) is 0 Å². The van der Waals surface area contributed by atoms with E-state index in [0.717, 1.165) is 48.3 Å². The van der Waals surface area contributed by atoms with Gasteiger partial charge in [0.1, 0.15) is 5.82 Å². The fraction of sp³-hybridized carbons (Fsp3) is 0.217. The normalized spacial score (nSPS) is 15.2. The van der Waals surface area contributed by atoms with E-state index in [9.17, 15) is 4.39 Å². The Morgan fingerprint density at radius 1 is 0.929 bits per heavy atom. The highest BCUT2D eigenvalue weighted by Crippen LogP contribution is 2.30. The fourth-order valence-electron chi connectivity index (χ4n) is 3.97. The predicted molar refractivity (Wildman–Crippen MR) is 109 cm³/mol. The van der Waals surface area contributed by atoms with E-state index in [4.69, 9.17) is 10.1 Å². The number of hydrogen-bond donors (Lipinski definition) is 1. The first kappa shape index (κ1) is 17.1. The Bertz CT molecular complexity index is 1110. The summed E-state index contributed by atoms with van der Waals surface area (Å²) >= 11 is 0. The Kier molecular flexibility index (Phi) is 4.37. The molecular weight excluding hydrogens is 351 g/mol. The molecule has 140 valence electrons. The van der Waals surface area contributed by atoms with E-state index < -0.39 is 0 Å². The third-order valence-corrected chi connectivity index (χ3v) is 5.47. The minimum absolute atomic E-state index is 0.243. The second-order valence-corrected chi connectivity index (χ2v) is 7.28. The summed E-state index contributed by atoms with van der Waals surface area (Å²) in [5.41, 5.74) is 5.03. The molecule has 0 atom stereocenters.